The molecule has 0 aliphatic carbocycles. The van der Waals surface area contributed by atoms with E-state index < -0.39 is 11.6 Å². The number of aliphatic hydroxyl groups is 1. The molecule has 0 saturated carbocycles. The highest BCUT2D eigenvalue weighted by atomic mass is 16.3. The van der Waals surface area contributed by atoms with E-state index in [1.165, 1.54) is 6.92 Å². The van der Waals surface area contributed by atoms with Crippen molar-refractivity contribution in [2.24, 2.45) is 0 Å². The number of amides is 1. The highest BCUT2D eigenvalue weighted by Gasteiger charge is 2.31. The van der Waals surface area contributed by atoms with E-state index in [-0.39, 0.29) is 5.91 Å². The number of hydrogen-bond acceptors (Lipinski definition) is 2. The van der Waals surface area contributed by atoms with E-state index in [0.717, 1.165) is 11.1 Å². The van der Waals surface area contributed by atoms with Crippen molar-refractivity contribution < 1.29 is 9.90 Å². The monoisotopic (exact) mass is 269 g/mol. The summed E-state index contributed by atoms with van der Waals surface area (Å²) in [6, 6.07) is 19.5. The van der Waals surface area contributed by atoms with E-state index in [0.29, 0.717) is 0 Å². The maximum Gasteiger partial charge on any atom is 0.249 e. The van der Waals surface area contributed by atoms with E-state index in [2.05, 4.69) is 5.32 Å². The van der Waals surface area contributed by atoms with Crippen LogP contribution in [0, 0.1) is 0 Å². The molecule has 0 saturated heterocycles. The Labute approximate surface area is 119 Å². The van der Waals surface area contributed by atoms with Crippen LogP contribution >= 0.6 is 0 Å². The zero-order valence-electron chi connectivity index (χ0n) is 11.7. The van der Waals surface area contributed by atoms with Crippen LogP contribution in [0.15, 0.2) is 60.7 Å². The van der Waals surface area contributed by atoms with E-state index in [1.807, 2.05) is 67.6 Å². The average molecular weight is 269 g/mol. The third-order valence-electron chi connectivity index (χ3n) is 3.45. The van der Waals surface area contributed by atoms with Crippen molar-refractivity contribution in [2.75, 3.05) is 0 Å². The van der Waals surface area contributed by atoms with Crippen molar-refractivity contribution in [3.63, 3.8) is 0 Å². The third-order valence-corrected chi connectivity index (χ3v) is 3.45. The molecule has 0 spiro atoms. The maximum atomic E-state index is 11.9. The normalized spacial score (nSPS) is 12.8. The first-order chi connectivity index (χ1) is 9.54. The molecular weight excluding hydrogens is 250 g/mol. The summed E-state index contributed by atoms with van der Waals surface area (Å²) in [4.78, 5) is 11.9. The number of benzene rings is 2. The van der Waals surface area contributed by atoms with Crippen LogP contribution in [-0.4, -0.2) is 17.1 Å². The van der Waals surface area contributed by atoms with E-state index in [1.54, 1.807) is 0 Å². The molecule has 1 amide bonds. The summed E-state index contributed by atoms with van der Waals surface area (Å²) >= 11 is 0. The topological polar surface area (TPSA) is 49.3 Å². The molecule has 2 rings (SSSR count). The Morgan fingerprint density at radius 2 is 1.40 bits per heavy atom. The first-order valence-corrected chi connectivity index (χ1v) is 6.65. The molecule has 0 heterocycles. The Morgan fingerprint density at radius 3 is 1.75 bits per heavy atom. The molecule has 3 heteroatoms. The van der Waals surface area contributed by atoms with Crippen molar-refractivity contribution >= 4 is 5.91 Å². The van der Waals surface area contributed by atoms with Crippen molar-refractivity contribution in [3.05, 3.63) is 71.8 Å². The molecular formula is C17H19NO2. The predicted molar refractivity (Wildman–Crippen MR) is 79.2 cm³/mol. The van der Waals surface area contributed by atoms with Crippen LogP contribution in [0.2, 0.25) is 0 Å². The molecule has 1 unspecified atom stereocenters. The van der Waals surface area contributed by atoms with Gasteiger partial charge in [0.05, 0.1) is 5.54 Å². The van der Waals surface area contributed by atoms with Gasteiger partial charge in [0, 0.05) is 0 Å². The molecule has 0 radical (unpaired) electrons. The van der Waals surface area contributed by atoms with Crippen molar-refractivity contribution in [1.82, 2.24) is 5.32 Å². The summed E-state index contributed by atoms with van der Waals surface area (Å²) < 4.78 is 0. The molecule has 2 aromatic carbocycles. The number of hydrogen-bond donors (Lipinski definition) is 2. The van der Waals surface area contributed by atoms with Gasteiger partial charge in [-0.15, -0.1) is 0 Å². The number of aliphatic hydroxyl groups excluding tert-OH is 1. The second-order valence-electron chi connectivity index (χ2n) is 5.02. The van der Waals surface area contributed by atoms with Crippen LogP contribution in [0.5, 0.6) is 0 Å². The lowest BCUT2D eigenvalue weighted by molar-refractivity contribution is -0.130. The van der Waals surface area contributed by atoms with E-state index >= 15 is 0 Å². The molecule has 0 aliphatic heterocycles. The van der Waals surface area contributed by atoms with E-state index in [9.17, 15) is 9.90 Å². The van der Waals surface area contributed by atoms with Gasteiger partial charge in [0.2, 0.25) is 5.91 Å². The predicted octanol–water partition coefficient (Wildman–Crippen LogP) is 2.45. The third kappa shape index (κ3) is 2.89. The summed E-state index contributed by atoms with van der Waals surface area (Å²) in [7, 11) is 0. The number of carbonyl (C=O) groups is 1. The highest BCUT2D eigenvalue weighted by molar-refractivity contribution is 5.81. The molecule has 0 fully saturated rings. The number of nitrogens with one attached hydrogen (secondary N) is 1. The maximum absolute atomic E-state index is 11.9. The van der Waals surface area contributed by atoms with E-state index in [4.69, 9.17) is 0 Å². The lowest BCUT2D eigenvalue weighted by Crippen LogP contribution is -2.47. The van der Waals surface area contributed by atoms with Crippen LogP contribution < -0.4 is 5.32 Å². The van der Waals surface area contributed by atoms with Crippen LogP contribution in [0.25, 0.3) is 0 Å². The van der Waals surface area contributed by atoms with Gasteiger partial charge in [-0.1, -0.05) is 60.7 Å². The zero-order valence-corrected chi connectivity index (χ0v) is 11.7. The fourth-order valence-electron chi connectivity index (χ4n) is 2.20. The minimum absolute atomic E-state index is 0.389. The van der Waals surface area contributed by atoms with Gasteiger partial charge < -0.3 is 10.4 Å². The van der Waals surface area contributed by atoms with Crippen molar-refractivity contribution in [3.8, 4) is 0 Å². The molecule has 0 aliphatic rings. The standard InChI is InChI=1S/C17H19NO2/c1-13(19)16(20)18-17(2,14-9-5-3-6-10-14)15-11-7-4-8-12-15/h3-13,19H,1-2H3,(H,18,20). The van der Waals surface area contributed by atoms with Gasteiger partial charge in [0.25, 0.3) is 0 Å². The quantitative estimate of drug-likeness (QED) is 0.895. The smallest absolute Gasteiger partial charge is 0.249 e. The lowest BCUT2D eigenvalue weighted by Gasteiger charge is -2.32. The Hall–Kier alpha value is -2.13. The molecule has 1 atom stereocenters. The first-order valence-electron chi connectivity index (χ1n) is 6.65. The molecule has 2 N–H and O–H groups in total. The second kappa shape index (κ2) is 5.88. The fourth-order valence-corrected chi connectivity index (χ4v) is 2.20. The fraction of sp³-hybridized carbons (Fsp3) is 0.235. The van der Waals surface area contributed by atoms with Gasteiger partial charge in [0.15, 0.2) is 0 Å². The van der Waals surface area contributed by atoms with Crippen LogP contribution in [0.1, 0.15) is 25.0 Å². The average Bonchev–Trinajstić information content (AvgIpc) is 2.48. The van der Waals surface area contributed by atoms with Crippen LogP contribution in [0.4, 0.5) is 0 Å². The Kier molecular flexibility index (Phi) is 4.20. The molecule has 3 nitrogen and oxygen atoms in total. The summed E-state index contributed by atoms with van der Waals surface area (Å²) in [6.07, 6.45) is -1.04. The first kappa shape index (κ1) is 14.3. The van der Waals surface area contributed by atoms with Crippen LogP contribution in [-0.2, 0) is 10.3 Å². The summed E-state index contributed by atoms with van der Waals surface area (Å²) in [5, 5.41) is 12.4. The number of rotatable bonds is 4. The van der Waals surface area contributed by atoms with Crippen molar-refractivity contribution in [2.45, 2.75) is 25.5 Å². The van der Waals surface area contributed by atoms with Gasteiger partial charge in [-0.3, -0.25) is 4.79 Å². The molecule has 0 aromatic heterocycles. The van der Waals surface area contributed by atoms with Gasteiger partial charge in [-0.05, 0) is 25.0 Å². The Morgan fingerprint density at radius 1 is 1.00 bits per heavy atom. The van der Waals surface area contributed by atoms with Gasteiger partial charge in [0.1, 0.15) is 6.10 Å². The van der Waals surface area contributed by atoms with Gasteiger partial charge in [-0.2, -0.15) is 0 Å². The second-order valence-corrected chi connectivity index (χ2v) is 5.02. The summed E-state index contributed by atoms with van der Waals surface area (Å²) in [5.41, 5.74) is 1.27. The Bertz CT molecular complexity index is 525. The largest absolute Gasteiger partial charge is 0.384 e. The SMILES string of the molecule is CC(O)C(=O)NC(C)(c1ccccc1)c1ccccc1. The minimum Gasteiger partial charge on any atom is -0.384 e. The highest BCUT2D eigenvalue weighted by Crippen LogP contribution is 2.29. The summed E-state index contributed by atoms with van der Waals surface area (Å²) in [6.45, 7) is 3.41. The zero-order chi connectivity index (χ0) is 14.6. The molecule has 104 valence electrons. The van der Waals surface area contributed by atoms with Crippen molar-refractivity contribution in [1.29, 1.82) is 0 Å². The van der Waals surface area contributed by atoms with Crippen LogP contribution in [0.3, 0.4) is 0 Å². The minimum atomic E-state index is -1.04. The lowest BCUT2D eigenvalue weighted by atomic mass is 9.84. The van der Waals surface area contributed by atoms with Gasteiger partial charge >= 0.3 is 0 Å². The Balaban J connectivity index is 2.47. The number of carbonyl (C=O) groups excluding carboxylic acids is 1. The van der Waals surface area contributed by atoms with Gasteiger partial charge in [-0.25, -0.2) is 0 Å². The molecule has 2 aromatic rings. The summed E-state index contributed by atoms with van der Waals surface area (Å²) in [5.74, 6) is -0.389. The molecule has 0 bridgehead atoms. The molecule has 20 heavy (non-hydrogen) atoms.